The second-order valence-corrected chi connectivity index (χ2v) is 11.4. The van der Waals surface area contributed by atoms with Crippen LogP contribution in [0.15, 0.2) is 48.5 Å². The number of methoxy groups -OCH3 is 1. The van der Waals surface area contributed by atoms with Crippen LogP contribution in [0.4, 0.5) is 28.1 Å². The van der Waals surface area contributed by atoms with Crippen LogP contribution in [0, 0.1) is 6.57 Å². The third-order valence-electron chi connectivity index (χ3n) is 6.52. The van der Waals surface area contributed by atoms with Gasteiger partial charge in [0.25, 0.3) is 0 Å². The van der Waals surface area contributed by atoms with Crippen molar-refractivity contribution in [1.82, 2.24) is 24.8 Å². The first-order valence-electron chi connectivity index (χ1n) is 14.8. The number of nitrogens with zero attached hydrogens (tertiary/aromatic N) is 6. The third-order valence-corrected chi connectivity index (χ3v) is 6.68. The van der Waals surface area contributed by atoms with Crippen LogP contribution in [0.5, 0.6) is 0 Å². The van der Waals surface area contributed by atoms with E-state index in [0.29, 0.717) is 25.3 Å². The molecular formula is C31H39ClN8O4. The highest BCUT2D eigenvalue weighted by Gasteiger charge is 2.26. The molecule has 2 aromatic carbocycles. The Labute approximate surface area is 265 Å². The Bertz CT molecular complexity index is 1470. The summed E-state index contributed by atoms with van der Waals surface area (Å²) in [5.74, 6) is -0.190. The van der Waals surface area contributed by atoms with Crippen LogP contribution in [0.2, 0.25) is 5.28 Å². The molecule has 0 aliphatic carbocycles. The SMILES string of the molecule is [3H]C.[C-]#[N+]c1ccc(C[C@H](Nc2nc(Cl)nc(Nc3cccc(CN4CCN(C(=O)OC(C)(C)C)CC4)c3)n2)C(=O)OC)cc1. The van der Waals surface area contributed by atoms with E-state index in [1.54, 1.807) is 29.2 Å². The fourth-order valence-electron chi connectivity index (χ4n) is 4.45. The molecule has 13 heteroatoms. The van der Waals surface area contributed by atoms with Crippen molar-refractivity contribution in [2.45, 2.75) is 52.8 Å². The van der Waals surface area contributed by atoms with Gasteiger partial charge in [0.2, 0.25) is 17.2 Å². The molecule has 234 valence electrons. The lowest BCUT2D eigenvalue weighted by atomic mass is 10.1. The van der Waals surface area contributed by atoms with E-state index in [4.69, 9.17) is 29.0 Å². The number of anilines is 3. The molecule has 3 aromatic rings. The fraction of sp³-hybridized carbons (Fsp3) is 0.419. The number of hydrogen-bond donors (Lipinski definition) is 2. The maximum Gasteiger partial charge on any atom is 0.410 e. The normalized spacial score (nSPS) is 14.2. The molecule has 1 amide bonds. The van der Waals surface area contributed by atoms with Gasteiger partial charge in [-0.25, -0.2) is 14.4 Å². The first-order chi connectivity index (χ1) is 21.5. The van der Waals surface area contributed by atoms with Crippen molar-refractivity contribution in [2.75, 3.05) is 43.9 Å². The van der Waals surface area contributed by atoms with Crippen molar-refractivity contribution >= 4 is 46.9 Å². The summed E-state index contributed by atoms with van der Waals surface area (Å²) in [6, 6.07) is 14.0. The predicted molar refractivity (Wildman–Crippen MR) is 170 cm³/mol. The summed E-state index contributed by atoms with van der Waals surface area (Å²) in [4.78, 5) is 45.1. The molecule has 0 bridgehead atoms. The molecule has 4 rings (SSSR count). The van der Waals surface area contributed by atoms with Crippen molar-refractivity contribution in [3.05, 3.63) is 76.4 Å². The Kier molecular flexibility index (Phi) is 11.3. The monoisotopic (exact) mass is 624 g/mol. The molecule has 2 N–H and O–H groups in total. The van der Waals surface area contributed by atoms with Gasteiger partial charge in [-0.1, -0.05) is 43.8 Å². The van der Waals surface area contributed by atoms with Gasteiger partial charge in [-0.2, -0.15) is 15.0 Å². The number of rotatable bonds is 9. The van der Waals surface area contributed by atoms with Crippen molar-refractivity contribution in [3.8, 4) is 0 Å². The third kappa shape index (κ3) is 10.1. The highest BCUT2D eigenvalue weighted by atomic mass is 35.5. The number of hydrogen-bond acceptors (Lipinski definition) is 10. The van der Waals surface area contributed by atoms with Crippen molar-refractivity contribution in [2.24, 2.45) is 0 Å². The van der Waals surface area contributed by atoms with E-state index in [-0.39, 0.29) is 29.7 Å². The van der Waals surface area contributed by atoms with E-state index < -0.39 is 17.6 Å². The molecule has 1 fully saturated rings. The van der Waals surface area contributed by atoms with E-state index in [2.05, 4.69) is 35.3 Å². The molecule has 1 saturated heterocycles. The Balaban J connectivity index is 0.00000271. The lowest BCUT2D eigenvalue weighted by molar-refractivity contribution is -0.141. The first kappa shape index (κ1) is 32.4. The number of benzene rings is 2. The van der Waals surface area contributed by atoms with Crippen LogP contribution >= 0.6 is 11.6 Å². The number of ether oxygens (including phenoxy) is 2. The Morgan fingerprint density at radius 1 is 1.07 bits per heavy atom. The van der Waals surface area contributed by atoms with Crippen LogP contribution in [-0.4, -0.2) is 81.7 Å². The molecule has 1 aliphatic rings. The van der Waals surface area contributed by atoms with Crippen LogP contribution in [0.25, 0.3) is 4.85 Å². The molecular weight excluding hydrogens is 584 g/mol. The second kappa shape index (κ2) is 15.3. The maximum atomic E-state index is 12.5. The number of aromatic nitrogens is 3. The topological polar surface area (TPSA) is 126 Å². The molecule has 0 unspecified atom stereocenters. The summed E-state index contributed by atoms with van der Waals surface area (Å²) in [6.45, 7) is 16.1. The number of carbonyl (C=O) groups is 2. The summed E-state index contributed by atoms with van der Waals surface area (Å²) in [5.41, 5.74) is 2.65. The minimum Gasteiger partial charge on any atom is -0.467 e. The number of esters is 1. The van der Waals surface area contributed by atoms with E-state index in [1.165, 1.54) is 14.5 Å². The highest BCUT2D eigenvalue weighted by molar-refractivity contribution is 6.28. The Morgan fingerprint density at radius 3 is 2.39 bits per heavy atom. The summed E-state index contributed by atoms with van der Waals surface area (Å²) < 4.78 is 16.2. The van der Waals surface area contributed by atoms with E-state index in [1.807, 2.05) is 45.0 Å². The molecule has 2 heterocycles. The van der Waals surface area contributed by atoms with Crippen LogP contribution < -0.4 is 10.6 Å². The van der Waals surface area contributed by atoms with Crippen molar-refractivity contribution in [3.63, 3.8) is 0 Å². The number of nitrogens with one attached hydrogen (secondary N) is 2. The lowest BCUT2D eigenvalue weighted by Crippen LogP contribution is -2.49. The van der Waals surface area contributed by atoms with Gasteiger partial charge < -0.3 is 25.0 Å². The largest absolute Gasteiger partial charge is 0.467 e. The van der Waals surface area contributed by atoms with E-state index >= 15 is 0 Å². The van der Waals surface area contributed by atoms with Crippen molar-refractivity contribution in [1.29, 1.82) is 0 Å². The average molecular weight is 625 g/mol. The Hall–Kier alpha value is -4.47. The molecule has 0 radical (unpaired) electrons. The van der Waals surface area contributed by atoms with Gasteiger partial charge in [0.1, 0.15) is 11.6 Å². The molecule has 0 saturated carbocycles. The van der Waals surface area contributed by atoms with Crippen LogP contribution in [0.1, 0.15) is 40.7 Å². The quantitative estimate of drug-likeness (QED) is 0.226. The van der Waals surface area contributed by atoms with Crippen LogP contribution in [0.3, 0.4) is 0 Å². The smallest absolute Gasteiger partial charge is 0.410 e. The summed E-state index contributed by atoms with van der Waals surface area (Å²) in [5, 5.41) is 6.11. The van der Waals surface area contributed by atoms with Crippen molar-refractivity contribution < 1.29 is 20.4 Å². The van der Waals surface area contributed by atoms with Gasteiger partial charge in [-0.3, -0.25) is 4.90 Å². The number of carbonyl (C=O) groups excluding carboxylic acids is 2. The summed E-state index contributed by atoms with van der Waals surface area (Å²) in [7, 11) is 2.56. The number of piperazine rings is 1. The predicted octanol–water partition coefficient (Wildman–Crippen LogP) is 5.70. The zero-order valence-electron chi connectivity index (χ0n) is 26.6. The molecule has 1 aliphatic heterocycles. The standard InChI is InChI=1S/C30H35ClN8O4.CH4/c1-30(2,3)43-29(41)39-15-13-38(14-16-39)19-21-7-6-8-23(17-21)33-27-35-26(31)36-28(37-27)34-24(25(40)42-5)18-20-9-11-22(32-4)12-10-20;/h6-12,17,24H,13-16,18-19H2,1-3,5H3,(H2,33,34,35,36,37);1H4/t24-;/m0./s1/i;1T. The first-order valence-corrected chi connectivity index (χ1v) is 14.2. The zero-order chi connectivity index (χ0) is 33.0. The summed E-state index contributed by atoms with van der Waals surface area (Å²) >= 11 is 6.21. The highest BCUT2D eigenvalue weighted by Crippen LogP contribution is 2.21. The Morgan fingerprint density at radius 2 is 1.75 bits per heavy atom. The van der Waals surface area contributed by atoms with Gasteiger partial charge in [0, 0.05) is 46.2 Å². The van der Waals surface area contributed by atoms with Gasteiger partial charge >= 0.3 is 12.1 Å². The number of halogens is 1. The second-order valence-electron chi connectivity index (χ2n) is 11.0. The van der Waals surface area contributed by atoms with Gasteiger partial charge in [0.15, 0.2) is 5.69 Å². The molecule has 44 heavy (non-hydrogen) atoms. The van der Waals surface area contributed by atoms with Gasteiger partial charge in [-0.05, 0) is 55.6 Å². The zero-order valence-corrected chi connectivity index (χ0v) is 26.4. The fourth-order valence-corrected chi connectivity index (χ4v) is 4.61. The maximum absolute atomic E-state index is 12.5. The van der Waals surface area contributed by atoms with Gasteiger partial charge in [0.05, 0.1) is 13.7 Å². The van der Waals surface area contributed by atoms with Gasteiger partial charge in [-0.15, -0.1) is 0 Å². The summed E-state index contributed by atoms with van der Waals surface area (Å²) in [6.07, 6.45) is 0.00171. The molecule has 1 aromatic heterocycles. The average Bonchev–Trinajstić information content (AvgIpc) is 3.01. The number of amides is 1. The van der Waals surface area contributed by atoms with Crippen LogP contribution in [-0.2, 0) is 27.2 Å². The minimum absolute atomic E-state index is 0.0518. The van der Waals surface area contributed by atoms with E-state index in [9.17, 15) is 9.59 Å². The lowest BCUT2D eigenvalue weighted by Gasteiger charge is -2.35. The molecule has 1 atom stereocenters. The van der Waals surface area contributed by atoms with E-state index in [0.717, 1.165) is 29.9 Å². The minimum atomic E-state index is -0.797. The molecule has 0 spiro atoms. The molecule has 12 nitrogen and oxygen atoms in total.